The third kappa shape index (κ3) is 2.81. The number of nitrogen functional groups attached to an aromatic ring is 2. The predicted molar refractivity (Wildman–Crippen MR) is 63.3 cm³/mol. The van der Waals surface area contributed by atoms with E-state index in [1.807, 2.05) is 0 Å². The van der Waals surface area contributed by atoms with E-state index in [1.54, 1.807) is 0 Å². The van der Waals surface area contributed by atoms with Gasteiger partial charge in [-0.2, -0.15) is 0 Å². The Morgan fingerprint density at radius 2 is 1.88 bits per heavy atom. The van der Waals surface area contributed by atoms with Gasteiger partial charge in [0.15, 0.2) is 27.6 Å². The molecular weight excluding hydrogens is 254 g/mol. The molecule has 8 nitrogen and oxygen atoms in total. The van der Waals surface area contributed by atoms with Gasteiger partial charge in [-0.05, 0) is 12.2 Å². The summed E-state index contributed by atoms with van der Waals surface area (Å²) in [6.07, 6.45) is 0. The van der Waals surface area contributed by atoms with E-state index in [1.165, 1.54) is 0 Å². The van der Waals surface area contributed by atoms with Crippen LogP contribution in [0.25, 0.3) is 0 Å². The van der Waals surface area contributed by atoms with E-state index in [2.05, 4.69) is 33.0 Å². The van der Waals surface area contributed by atoms with E-state index in [4.69, 9.17) is 28.8 Å². The number of carbonyl (C=O) groups excluding carboxylic acids is 1. The van der Waals surface area contributed by atoms with E-state index in [0.29, 0.717) is 0 Å². The number of thiocarbonyl (C=S) groups is 1. The zero-order chi connectivity index (χ0) is 12.3. The second-order valence-corrected chi connectivity index (χ2v) is 3.37. The lowest BCUT2D eigenvalue weighted by Gasteiger charge is -2.08. The van der Waals surface area contributed by atoms with Crippen molar-refractivity contribution in [1.29, 1.82) is 0 Å². The molecular formula is C6H8ClN7OS. The van der Waals surface area contributed by atoms with Gasteiger partial charge < -0.3 is 17.2 Å². The highest BCUT2D eigenvalue weighted by Crippen LogP contribution is 2.16. The molecule has 0 bridgehead atoms. The number of nitrogens with zero attached hydrogens (tertiary/aromatic N) is 2. The molecule has 0 aliphatic rings. The lowest BCUT2D eigenvalue weighted by atomic mass is 10.4. The second kappa shape index (κ2) is 4.77. The maximum Gasteiger partial charge on any atom is 0.292 e. The van der Waals surface area contributed by atoms with Crippen LogP contribution in [0.2, 0.25) is 5.15 Å². The van der Waals surface area contributed by atoms with Gasteiger partial charge in [-0.25, -0.2) is 9.97 Å². The Kier molecular flexibility index (Phi) is 3.64. The van der Waals surface area contributed by atoms with Crippen molar-refractivity contribution in [2.45, 2.75) is 0 Å². The summed E-state index contributed by atoms with van der Waals surface area (Å²) in [5.41, 5.74) is 20.1. The average Bonchev–Trinajstić information content (AvgIpc) is 2.20. The molecule has 10 heteroatoms. The van der Waals surface area contributed by atoms with Crippen LogP contribution in [0.5, 0.6) is 0 Å². The maximum atomic E-state index is 11.5. The number of carbonyl (C=O) groups is 1. The zero-order valence-corrected chi connectivity index (χ0v) is 9.39. The molecule has 16 heavy (non-hydrogen) atoms. The largest absolute Gasteiger partial charge is 0.382 e. The smallest absolute Gasteiger partial charge is 0.292 e. The van der Waals surface area contributed by atoms with Gasteiger partial charge in [0, 0.05) is 0 Å². The van der Waals surface area contributed by atoms with Gasteiger partial charge in [-0.3, -0.25) is 15.6 Å². The lowest BCUT2D eigenvalue weighted by molar-refractivity contribution is 0.0939. The predicted octanol–water partition coefficient (Wildman–Crippen LogP) is -1.23. The van der Waals surface area contributed by atoms with Crippen LogP contribution in [0.15, 0.2) is 0 Å². The van der Waals surface area contributed by atoms with Crippen molar-refractivity contribution in [3.63, 3.8) is 0 Å². The van der Waals surface area contributed by atoms with Gasteiger partial charge in [0.2, 0.25) is 0 Å². The minimum Gasteiger partial charge on any atom is -0.382 e. The fourth-order valence-electron chi connectivity index (χ4n) is 0.786. The van der Waals surface area contributed by atoms with Crippen molar-refractivity contribution in [3.05, 3.63) is 10.8 Å². The van der Waals surface area contributed by atoms with Crippen LogP contribution in [0.1, 0.15) is 10.5 Å². The van der Waals surface area contributed by atoms with Crippen LogP contribution < -0.4 is 28.1 Å². The van der Waals surface area contributed by atoms with Crippen LogP contribution in [0.4, 0.5) is 11.6 Å². The first-order valence-electron chi connectivity index (χ1n) is 3.86. The number of rotatable bonds is 1. The van der Waals surface area contributed by atoms with Gasteiger partial charge >= 0.3 is 0 Å². The minimum absolute atomic E-state index is 0.0574. The highest BCUT2D eigenvalue weighted by atomic mass is 35.5. The van der Waals surface area contributed by atoms with E-state index >= 15 is 0 Å². The number of nitrogens with one attached hydrogen (secondary N) is 2. The molecule has 0 radical (unpaired) electrons. The molecule has 1 heterocycles. The van der Waals surface area contributed by atoms with Crippen LogP contribution in [0, 0.1) is 0 Å². The standard InChI is InChI=1S/C6H8ClN7OS/c7-2-4(9)12-3(8)1(11-2)5(15)13-14-6(10)16/h(H,13,15)(H4,8,9,12)(H3,10,14,16). The van der Waals surface area contributed by atoms with E-state index < -0.39 is 5.91 Å². The fourth-order valence-corrected chi connectivity index (χ4v) is 0.964. The lowest BCUT2D eigenvalue weighted by Crippen LogP contribution is -2.44. The molecule has 86 valence electrons. The van der Waals surface area contributed by atoms with Crippen molar-refractivity contribution >= 4 is 46.5 Å². The van der Waals surface area contributed by atoms with E-state index in [9.17, 15) is 4.79 Å². The Balaban J connectivity index is 2.91. The number of hydrogen-bond acceptors (Lipinski definition) is 6. The maximum absolute atomic E-state index is 11.5. The van der Waals surface area contributed by atoms with Crippen LogP contribution in [-0.2, 0) is 0 Å². The first-order chi connectivity index (χ1) is 7.41. The first kappa shape index (κ1) is 12.2. The first-order valence-corrected chi connectivity index (χ1v) is 4.64. The molecule has 1 amide bonds. The number of aromatic nitrogens is 2. The molecule has 0 saturated heterocycles. The zero-order valence-electron chi connectivity index (χ0n) is 7.82. The number of nitrogens with two attached hydrogens (primary N) is 3. The quantitative estimate of drug-likeness (QED) is 0.312. The highest BCUT2D eigenvalue weighted by Gasteiger charge is 2.15. The summed E-state index contributed by atoms with van der Waals surface area (Å²) in [5.74, 6) is -0.887. The van der Waals surface area contributed by atoms with Crippen molar-refractivity contribution in [1.82, 2.24) is 20.8 Å². The molecule has 0 aliphatic carbocycles. The number of anilines is 2. The summed E-state index contributed by atoms with van der Waals surface area (Å²) in [7, 11) is 0. The molecule has 1 rings (SSSR count). The Bertz CT molecular complexity index is 451. The fraction of sp³-hybridized carbons (Fsp3) is 0. The van der Waals surface area contributed by atoms with Gasteiger partial charge in [0.05, 0.1) is 0 Å². The normalized spacial score (nSPS) is 9.56. The topological polar surface area (TPSA) is 145 Å². The Morgan fingerprint density at radius 1 is 1.25 bits per heavy atom. The third-order valence-electron chi connectivity index (χ3n) is 1.42. The number of amides is 1. The SMILES string of the molecule is NC(=S)NNC(=O)c1nc(Cl)c(N)nc1N. The molecule has 0 saturated carbocycles. The van der Waals surface area contributed by atoms with E-state index in [0.717, 1.165) is 0 Å². The molecule has 0 atom stereocenters. The molecule has 0 spiro atoms. The Hall–Kier alpha value is -1.87. The minimum atomic E-state index is -0.681. The van der Waals surface area contributed by atoms with Crippen molar-refractivity contribution < 1.29 is 4.79 Å². The molecule has 0 fully saturated rings. The Morgan fingerprint density at radius 3 is 2.44 bits per heavy atom. The average molecular weight is 262 g/mol. The molecule has 1 aromatic rings. The Labute approximate surface area is 101 Å². The van der Waals surface area contributed by atoms with Crippen molar-refractivity contribution in [3.8, 4) is 0 Å². The number of hydrazine groups is 1. The summed E-state index contributed by atoms with van der Waals surface area (Å²) in [5, 5.41) is -0.226. The van der Waals surface area contributed by atoms with E-state index in [-0.39, 0.29) is 27.6 Å². The van der Waals surface area contributed by atoms with Crippen LogP contribution >= 0.6 is 23.8 Å². The summed E-state index contributed by atoms with van der Waals surface area (Å²) in [6.45, 7) is 0. The van der Waals surface area contributed by atoms with Gasteiger partial charge in [0.25, 0.3) is 5.91 Å². The summed E-state index contributed by atoms with van der Waals surface area (Å²) in [4.78, 5) is 18.8. The monoisotopic (exact) mass is 261 g/mol. The third-order valence-corrected chi connectivity index (χ3v) is 1.80. The summed E-state index contributed by atoms with van der Waals surface area (Å²) < 4.78 is 0. The number of halogens is 1. The summed E-state index contributed by atoms with van der Waals surface area (Å²) >= 11 is 10.1. The van der Waals surface area contributed by atoms with Crippen LogP contribution in [-0.4, -0.2) is 21.0 Å². The molecule has 0 unspecified atom stereocenters. The molecule has 8 N–H and O–H groups in total. The van der Waals surface area contributed by atoms with Crippen molar-refractivity contribution in [2.24, 2.45) is 5.73 Å². The number of hydrogen-bond donors (Lipinski definition) is 5. The van der Waals surface area contributed by atoms with Gasteiger partial charge in [0.1, 0.15) is 0 Å². The second-order valence-electron chi connectivity index (χ2n) is 2.58. The van der Waals surface area contributed by atoms with Crippen LogP contribution in [0.3, 0.4) is 0 Å². The summed E-state index contributed by atoms with van der Waals surface area (Å²) in [6, 6.07) is 0. The van der Waals surface area contributed by atoms with Gasteiger partial charge in [-0.1, -0.05) is 11.6 Å². The molecule has 1 aromatic heterocycles. The molecule has 0 aromatic carbocycles. The van der Waals surface area contributed by atoms with Crippen molar-refractivity contribution in [2.75, 3.05) is 11.5 Å². The molecule has 0 aliphatic heterocycles. The van der Waals surface area contributed by atoms with Gasteiger partial charge in [-0.15, -0.1) is 0 Å². The highest BCUT2D eigenvalue weighted by molar-refractivity contribution is 7.80.